The van der Waals surface area contributed by atoms with Gasteiger partial charge in [0.2, 0.25) is 21.8 Å². The van der Waals surface area contributed by atoms with Gasteiger partial charge < -0.3 is 14.6 Å². The minimum atomic E-state index is -3.62. The standard InChI is InChI=1S/C21H30N4O5S/c1-3-8-19-23-21(30-24-19)12-11-20(26)22-17-15-16(9-10-18(17)29-4-2)31(27,28)25-13-6-5-7-14-25/h9-10,15H,3-8,11-14H2,1-2H3,(H,22,26). The van der Waals surface area contributed by atoms with E-state index in [2.05, 4.69) is 15.5 Å². The van der Waals surface area contributed by atoms with Crippen molar-refractivity contribution in [2.45, 2.75) is 63.7 Å². The number of hydrogen-bond donors (Lipinski definition) is 1. The number of carbonyl (C=O) groups is 1. The summed E-state index contributed by atoms with van der Waals surface area (Å²) in [7, 11) is -3.62. The summed E-state index contributed by atoms with van der Waals surface area (Å²) in [4.78, 5) is 16.9. The van der Waals surface area contributed by atoms with Gasteiger partial charge >= 0.3 is 0 Å². The normalized spacial score (nSPS) is 15.0. The maximum absolute atomic E-state index is 13.0. The lowest BCUT2D eigenvalue weighted by Crippen LogP contribution is -2.35. The molecule has 2 aromatic rings. The molecule has 10 heteroatoms. The number of benzene rings is 1. The molecule has 1 aromatic heterocycles. The molecule has 31 heavy (non-hydrogen) atoms. The smallest absolute Gasteiger partial charge is 0.243 e. The first-order valence-electron chi connectivity index (χ1n) is 10.8. The molecular formula is C21H30N4O5S. The van der Waals surface area contributed by atoms with E-state index < -0.39 is 10.0 Å². The van der Waals surface area contributed by atoms with Crippen molar-refractivity contribution >= 4 is 21.6 Å². The highest BCUT2D eigenvalue weighted by atomic mass is 32.2. The zero-order chi connectivity index (χ0) is 22.3. The molecule has 1 aliphatic heterocycles. The molecule has 0 saturated carbocycles. The third-order valence-corrected chi connectivity index (χ3v) is 6.92. The summed E-state index contributed by atoms with van der Waals surface area (Å²) >= 11 is 0. The second-order valence-corrected chi connectivity index (χ2v) is 9.40. The fraction of sp³-hybridized carbons (Fsp3) is 0.571. The van der Waals surface area contributed by atoms with E-state index in [1.165, 1.54) is 16.4 Å². The Morgan fingerprint density at radius 2 is 1.97 bits per heavy atom. The molecule has 1 aliphatic rings. The van der Waals surface area contributed by atoms with Crippen LogP contribution in [0.25, 0.3) is 0 Å². The Balaban J connectivity index is 1.71. The molecule has 2 heterocycles. The number of sulfonamides is 1. The zero-order valence-corrected chi connectivity index (χ0v) is 18.9. The van der Waals surface area contributed by atoms with Gasteiger partial charge in [0.05, 0.1) is 17.2 Å². The maximum atomic E-state index is 13.0. The molecule has 0 bridgehead atoms. The monoisotopic (exact) mass is 450 g/mol. The number of aryl methyl sites for hydroxylation is 2. The van der Waals surface area contributed by atoms with Crippen molar-refractivity contribution in [2.75, 3.05) is 25.0 Å². The topological polar surface area (TPSA) is 115 Å². The van der Waals surface area contributed by atoms with E-state index in [1.54, 1.807) is 6.07 Å². The average Bonchev–Trinajstić information content (AvgIpc) is 3.22. The predicted octanol–water partition coefficient (Wildman–Crippen LogP) is 3.17. The third-order valence-electron chi connectivity index (χ3n) is 5.03. The van der Waals surface area contributed by atoms with Crippen LogP contribution in [0, 0.1) is 0 Å². The lowest BCUT2D eigenvalue weighted by molar-refractivity contribution is -0.116. The number of rotatable bonds is 10. The number of nitrogens with one attached hydrogen (secondary N) is 1. The van der Waals surface area contributed by atoms with Crippen LogP contribution in [0.5, 0.6) is 5.75 Å². The van der Waals surface area contributed by atoms with Crippen LogP contribution in [0.15, 0.2) is 27.6 Å². The van der Waals surface area contributed by atoms with Gasteiger partial charge in [-0.1, -0.05) is 18.5 Å². The Hall–Kier alpha value is -2.46. The van der Waals surface area contributed by atoms with Crippen molar-refractivity contribution in [3.8, 4) is 5.75 Å². The molecule has 1 amide bonds. The number of anilines is 1. The van der Waals surface area contributed by atoms with Crippen LogP contribution in [-0.4, -0.2) is 48.5 Å². The van der Waals surface area contributed by atoms with Gasteiger partial charge in [-0.25, -0.2) is 8.42 Å². The minimum Gasteiger partial charge on any atom is -0.492 e. The van der Waals surface area contributed by atoms with Crippen LogP contribution < -0.4 is 10.1 Å². The SMILES string of the molecule is CCCc1noc(CCC(=O)Nc2cc(S(=O)(=O)N3CCCCC3)ccc2OCC)n1. The second-order valence-electron chi connectivity index (χ2n) is 7.46. The second kappa shape index (κ2) is 10.7. The van der Waals surface area contributed by atoms with Crippen LogP contribution >= 0.6 is 0 Å². The van der Waals surface area contributed by atoms with E-state index >= 15 is 0 Å². The summed E-state index contributed by atoms with van der Waals surface area (Å²) in [5.41, 5.74) is 0.335. The summed E-state index contributed by atoms with van der Waals surface area (Å²) in [6.07, 6.45) is 4.82. The van der Waals surface area contributed by atoms with Crippen molar-refractivity contribution in [3.05, 3.63) is 29.9 Å². The zero-order valence-electron chi connectivity index (χ0n) is 18.1. The molecule has 0 atom stereocenters. The summed E-state index contributed by atoms with van der Waals surface area (Å²) in [5.74, 6) is 1.18. The van der Waals surface area contributed by atoms with E-state index in [1.807, 2.05) is 13.8 Å². The molecule has 1 aromatic carbocycles. The molecule has 0 aliphatic carbocycles. The minimum absolute atomic E-state index is 0.127. The molecule has 0 spiro atoms. The van der Waals surface area contributed by atoms with Crippen LogP contribution in [0.2, 0.25) is 0 Å². The Kier molecular flexibility index (Phi) is 8.03. The number of piperidine rings is 1. The molecule has 0 unspecified atom stereocenters. The summed E-state index contributed by atoms with van der Waals surface area (Å²) < 4.78 is 38.3. The molecule has 3 rings (SSSR count). The number of amides is 1. The molecule has 1 N–H and O–H groups in total. The van der Waals surface area contributed by atoms with Gasteiger partial charge in [0.1, 0.15) is 5.75 Å². The Morgan fingerprint density at radius 3 is 2.68 bits per heavy atom. The first kappa shape index (κ1) is 23.2. The highest BCUT2D eigenvalue weighted by Gasteiger charge is 2.27. The molecule has 1 fully saturated rings. The van der Waals surface area contributed by atoms with Crippen LogP contribution in [0.4, 0.5) is 5.69 Å². The first-order chi connectivity index (χ1) is 14.9. The van der Waals surface area contributed by atoms with Gasteiger partial charge in [-0.2, -0.15) is 9.29 Å². The summed E-state index contributed by atoms with van der Waals surface area (Å²) in [6.45, 7) is 5.28. The predicted molar refractivity (Wildman–Crippen MR) is 115 cm³/mol. The van der Waals surface area contributed by atoms with Gasteiger partial charge in [0.15, 0.2) is 5.82 Å². The number of nitrogens with zero attached hydrogens (tertiary/aromatic N) is 3. The fourth-order valence-electron chi connectivity index (χ4n) is 3.45. The maximum Gasteiger partial charge on any atom is 0.243 e. The van der Waals surface area contributed by atoms with Gasteiger partial charge in [-0.15, -0.1) is 0 Å². The van der Waals surface area contributed by atoms with Crippen LogP contribution in [-0.2, 0) is 27.7 Å². The molecule has 9 nitrogen and oxygen atoms in total. The van der Waals surface area contributed by atoms with Gasteiger partial charge in [0, 0.05) is 32.4 Å². The largest absolute Gasteiger partial charge is 0.492 e. The lowest BCUT2D eigenvalue weighted by Gasteiger charge is -2.26. The van der Waals surface area contributed by atoms with Crippen molar-refractivity contribution in [1.82, 2.24) is 14.4 Å². The average molecular weight is 451 g/mol. The van der Waals surface area contributed by atoms with Crippen molar-refractivity contribution in [2.24, 2.45) is 0 Å². The third kappa shape index (κ3) is 6.04. The molecule has 1 saturated heterocycles. The highest BCUT2D eigenvalue weighted by Crippen LogP contribution is 2.30. The van der Waals surface area contributed by atoms with Gasteiger partial charge in [-0.3, -0.25) is 4.79 Å². The lowest BCUT2D eigenvalue weighted by atomic mass is 10.2. The van der Waals surface area contributed by atoms with Gasteiger partial charge in [0.25, 0.3) is 0 Å². The highest BCUT2D eigenvalue weighted by molar-refractivity contribution is 7.89. The summed E-state index contributed by atoms with van der Waals surface area (Å²) in [5, 5.41) is 6.66. The summed E-state index contributed by atoms with van der Waals surface area (Å²) in [6, 6.07) is 4.59. The number of carbonyl (C=O) groups excluding carboxylic acids is 1. The van der Waals surface area contributed by atoms with E-state index in [0.29, 0.717) is 49.3 Å². The molecule has 0 radical (unpaired) electrons. The van der Waals surface area contributed by atoms with E-state index in [-0.39, 0.29) is 17.2 Å². The number of hydrogen-bond acceptors (Lipinski definition) is 7. The Morgan fingerprint density at radius 1 is 1.19 bits per heavy atom. The van der Waals surface area contributed by atoms with E-state index in [9.17, 15) is 13.2 Å². The van der Waals surface area contributed by atoms with E-state index in [0.717, 1.165) is 32.1 Å². The number of aromatic nitrogens is 2. The van der Waals surface area contributed by atoms with Crippen molar-refractivity contribution in [1.29, 1.82) is 0 Å². The first-order valence-corrected chi connectivity index (χ1v) is 12.3. The quantitative estimate of drug-likeness (QED) is 0.591. The fourth-order valence-corrected chi connectivity index (χ4v) is 5.00. The number of ether oxygens (including phenoxy) is 1. The van der Waals surface area contributed by atoms with Gasteiger partial charge in [-0.05, 0) is 44.4 Å². The Labute approximate surface area is 183 Å². The molecular weight excluding hydrogens is 420 g/mol. The van der Waals surface area contributed by atoms with Crippen LogP contribution in [0.1, 0.15) is 57.7 Å². The molecule has 170 valence electrons. The van der Waals surface area contributed by atoms with Crippen molar-refractivity contribution < 1.29 is 22.5 Å². The Bertz CT molecular complexity index is 983. The van der Waals surface area contributed by atoms with Crippen LogP contribution in [0.3, 0.4) is 0 Å². The van der Waals surface area contributed by atoms with Crippen molar-refractivity contribution in [3.63, 3.8) is 0 Å². The van der Waals surface area contributed by atoms with E-state index in [4.69, 9.17) is 9.26 Å².